The van der Waals surface area contributed by atoms with E-state index in [2.05, 4.69) is 21.3 Å². The molecule has 0 spiro atoms. The van der Waals surface area contributed by atoms with Gasteiger partial charge >= 0.3 is 11.9 Å². The maximum absolute atomic E-state index is 11.9. The Morgan fingerprint density at radius 1 is 0.525 bits per heavy atom. The molecule has 2 fully saturated rings. The van der Waals surface area contributed by atoms with Crippen LogP contribution in [0.4, 0.5) is 0 Å². The minimum Gasteiger partial charge on any atom is -0.507 e. The second-order valence-corrected chi connectivity index (χ2v) is 11.4. The Kier molecular flexibility index (Phi) is 8.90. The second-order valence-electron chi connectivity index (χ2n) is 11.4. The molecule has 2 aliphatic carbocycles. The quantitative estimate of drug-likeness (QED) is 0.278. The number of carbonyl (C=O) groups is 2. The Hall–Kier alpha value is -3.18. The van der Waals surface area contributed by atoms with Gasteiger partial charge in [-0.25, -0.2) is 9.59 Å². The van der Waals surface area contributed by atoms with Crippen molar-refractivity contribution < 1.29 is 30.0 Å². The van der Waals surface area contributed by atoms with Crippen molar-refractivity contribution in [2.45, 2.75) is 102 Å². The molecule has 10 nitrogen and oxygen atoms in total. The van der Waals surface area contributed by atoms with Gasteiger partial charge in [-0.1, -0.05) is 25.7 Å². The predicted molar refractivity (Wildman–Crippen MR) is 150 cm³/mol. The van der Waals surface area contributed by atoms with Crippen molar-refractivity contribution in [3.8, 4) is 11.5 Å². The first-order valence-electron chi connectivity index (χ1n) is 14.4. The maximum Gasteiger partial charge on any atom is 0.335 e. The molecular formula is C30H40N4O6. The molecule has 2 aromatic rings. The molecule has 4 atom stereocenters. The van der Waals surface area contributed by atoms with Gasteiger partial charge in [0.05, 0.1) is 11.1 Å². The van der Waals surface area contributed by atoms with Crippen LogP contribution in [-0.4, -0.2) is 56.5 Å². The van der Waals surface area contributed by atoms with E-state index in [9.17, 15) is 30.0 Å². The molecule has 5 rings (SSSR count). The Morgan fingerprint density at radius 3 is 1.00 bits per heavy atom. The van der Waals surface area contributed by atoms with Crippen LogP contribution in [0.1, 0.15) is 94.3 Å². The molecule has 10 heteroatoms. The van der Waals surface area contributed by atoms with Gasteiger partial charge in [0, 0.05) is 72.6 Å². The molecule has 40 heavy (non-hydrogen) atoms. The van der Waals surface area contributed by atoms with Crippen LogP contribution in [0.5, 0.6) is 11.5 Å². The summed E-state index contributed by atoms with van der Waals surface area (Å²) < 4.78 is 0. The first-order valence-corrected chi connectivity index (χ1v) is 14.4. The van der Waals surface area contributed by atoms with Crippen LogP contribution in [-0.2, 0) is 26.2 Å². The Bertz CT molecular complexity index is 1080. The number of nitrogens with one attached hydrogen (secondary N) is 4. The molecule has 1 heterocycles. The zero-order valence-corrected chi connectivity index (χ0v) is 22.7. The smallest absolute Gasteiger partial charge is 0.335 e. The van der Waals surface area contributed by atoms with E-state index in [0.717, 1.165) is 51.4 Å². The fraction of sp³-hybridized carbons (Fsp3) is 0.533. The van der Waals surface area contributed by atoms with Crippen LogP contribution in [0.15, 0.2) is 24.3 Å². The first-order chi connectivity index (χ1) is 19.3. The highest BCUT2D eigenvalue weighted by atomic mass is 16.4. The normalized spacial score (nSPS) is 26.0. The largest absolute Gasteiger partial charge is 0.507 e. The van der Waals surface area contributed by atoms with E-state index in [-0.39, 0.29) is 46.8 Å². The summed E-state index contributed by atoms with van der Waals surface area (Å²) in [6.07, 6.45) is 7.81. The third-order valence-corrected chi connectivity index (χ3v) is 8.78. The van der Waals surface area contributed by atoms with Crippen molar-refractivity contribution in [3.05, 3.63) is 57.6 Å². The zero-order valence-electron chi connectivity index (χ0n) is 22.7. The summed E-state index contributed by atoms with van der Waals surface area (Å²) in [5, 5.41) is 55.9. The van der Waals surface area contributed by atoms with E-state index in [1.165, 1.54) is 0 Å². The van der Waals surface area contributed by atoms with Gasteiger partial charge in [-0.05, 0) is 49.9 Å². The highest BCUT2D eigenvalue weighted by Gasteiger charge is 2.28. The first kappa shape index (κ1) is 28.4. The fourth-order valence-electron chi connectivity index (χ4n) is 6.51. The summed E-state index contributed by atoms with van der Waals surface area (Å²) in [6, 6.07) is 6.43. The van der Waals surface area contributed by atoms with Gasteiger partial charge in [-0.3, -0.25) is 0 Å². The summed E-state index contributed by atoms with van der Waals surface area (Å²) in [5.74, 6) is -1.82. The van der Waals surface area contributed by atoms with Crippen LogP contribution in [0.25, 0.3) is 0 Å². The molecular weight excluding hydrogens is 512 g/mol. The number of aromatic hydroxyl groups is 2. The number of phenols is 2. The van der Waals surface area contributed by atoms with Crippen molar-refractivity contribution in [1.29, 1.82) is 0 Å². The van der Waals surface area contributed by atoms with E-state index in [4.69, 9.17) is 0 Å². The molecule has 8 N–H and O–H groups in total. The van der Waals surface area contributed by atoms with Crippen LogP contribution < -0.4 is 21.3 Å². The lowest BCUT2D eigenvalue weighted by molar-refractivity contribution is 0.0685. The number of phenolic OH excluding ortho intramolecular Hbond substituents is 2. The molecule has 0 unspecified atom stereocenters. The van der Waals surface area contributed by atoms with E-state index < -0.39 is 11.9 Å². The van der Waals surface area contributed by atoms with Crippen molar-refractivity contribution in [1.82, 2.24) is 21.3 Å². The minimum atomic E-state index is -1.03. The number of aromatic carboxylic acids is 2. The Balaban J connectivity index is 1.49. The van der Waals surface area contributed by atoms with Crippen molar-refractivity contribution in [3.63, 3.8) is 0 Å². The average molecular weight is 553 g/mol. The highest BCUT2D eigenvalue weighted by Crippen LogP contribution is 2.30. The van der Waals surface area contributed by atoms with Gasteiger partial charge < -0.3 is 41.7 Å². The monoisotopic (exact) mass is 552 g/mol. The van der Waals surface area contributed by atoms with E-state index in [1.807, 2.05) is 0 Å². The number of carboxylic acid groups (broad SMARTS) is 2. The molecule has 0 amide bonds. The van der Waals surface area contributed by atoms with E-state index in [1.54, 1.807) is 24.3 Å². The number of carboxylic acids is 2. The van der Waals surface area contributed by atoms with Gasteiger partial charge in [-0.2, -0.15) is 0 Å². The van der Waals surface area contributed by atoms with Crippen molar-refractivity contribution >= 4 is 11.9 Å². The van der Waals surface area contributed by atoms with Gasteiger partial charge in [-0.15, -0.1) is 0 Å². The summed E-state index contributed by atoms with van der Waals surface area (Å²) in [7, 11) is 0. The predicted octanol–water partition coefficient (Wildman–Crippen LogP) is 3.19. The topological polar surface area (TPSA) is 163 Å². The molecule has 216 valence electrons. The fourth-order valence-corrected chi connectivity index (χ4v) is 6.51. The van der Waals surface area contributed by atoms with Crippen molar-refractivity contribution in [2.75, 3.05) is 0 Å². The summed E-state index contributed by atoms with van der Waals surface area (Å²) in [5.41, 5.74) is 2.52. The number of benzene rings is 2. The molecule has 0 aromatic heterocycles. The lowest BCUT2D eigenvalue weighted by Gasteiger charge is -2.34. The van der Waals surface area contributed by atoms with Gasteiger partial charge in [0.25, 0.3) is 0 Å². The summed E-state index contributed by atoms with van der Waals surface area (Å²) in [6.45, 7) is 1.28. The number of hydrogen-bond acceptors (Lipinski definition) is 8. The van der Waals surface area contributed by atoms with Gasteiger partial charge in [0.2, 0.25) is 0 Å². The molecule has 0 saturated heterocycles. The van der Waals surface area contributed by atoms with Gasteiger partial charge in [0.15, 0.2) is 0 Å². The molecule has 2 saturated carbocycles. The van der Waals surface area contributed by atoms with Crippen molar-refractivity contribution in [2.24, 2.45) is 0 Å². The third kappa shape index (κ3) is 6.41. The third-order valence-electron chi connectivity index (χ3n) is 8.78. The second kappa shape index (κ2) is 12.6. The lowest BCUT2D eigenvalue weighted by atomic mass is 9.89. The Morgan fingerprint density at radius 2 is 0.775 bits per heavy atom. The van der Waals surface area contributed by atoms with E-state index >= 15 is 0 Å². The summed E-state index contributed by atoms with van der Waals surface area (Å²) in [4.78, 5) is 23.8. The summed E-state index contributed by atoms with van der Waals surface area (Å²) >= 11 is 0. The lowest BCUT2D eigenvalue weighted by Crippen LogP contribution is -2.49. The molecule has 3 aliphatic rings. The van der Waals surface area contributed by atoms with Crippen LogP contribution in [0, 0.1) is 0 Å². The standard InChI is InChI=1S/C30H40N4O6/c35-27-19-9-17(29(37)38)11-21(27)15-33-25-7-3-4-8-26(25)34-16-22-12-18(30(39)40)10-20(28(22)36)14-32-24-6-2-1-5-23(24)31-13-19/h9-12,23-26,31-36H,1-8,13-16H2,(H,37,38)(H,39,40)/t23-,24-,25-,26-/m1/s1. The number of hydrogen-bond donors (Lipinski definition) is 8. The van der Waals surface area contributed by atoms with Crippen LogP contribution >= 0.6 is 0 Å². The SMILES string of the molecule is O=C(O)c1cc2c(O)c(c1)CN[C@@H]1CCCC[C@H]1NCc1cc(C(=O)O)cc(c1O)CN[C@@H]1CCCC[C@H]1NC2. The molecule has 1 aliphatic heterocycles. The maximum atomic E-state index is 11.9. The zero-order chi connectivity index (χ0) is 28.2. The van der Waals surface area contributed by atoms with E-state index in [0.29, 0.717) is 48.4 Å². The van der Waals surface area contributed by atoms with Gasteiger partial charge in [0.1, 0.15) is 11.5 Å². The Labute approximate surface area is 234 Å². The number of fused-ring (bicyclic) bond motifs is 6. The molecule has 0 radical (unpaired) electrons. The minimum absolute atomic E-state index is 0.0658. The van der Waals surface area contributed by atoms with Crippen LogP contribution in [0.2, 0.25) is 0 Å². The molecule has 4 bridgehead atoms. The average Bonchev–Trinajstić information content (AvgIpc) is 2.95. The molecule has 2 aromatic carbocycles. The van der Waals surface area contributed by atoms with Crippen LogP contribution in [0.3, 0.4) is 0 Å². The highest BCUT2D eigenvalue weighted by molar-refractivity contribution is 5.89. The number of rotatable bonds is 2.